The van der Waals surface area contributed by atoms with Crippen molar-refractivity contribution in [2.75, 3.05) is 0 Å². The van der Waals surface area contributed by atoms with Crippen LogP contribution in [-0.2, 0) is 13.1 Å². The van der Waals surface area contributed by atoms with E-state index in [0.29, 0.717) is 17.7 Å². The predicted octanol–water partition coefficient (Wildman–Crippen LogP) is 1.95. The van der Waals surface area contributed by atoms with E-state index in [-0.39, 0.29) is 0 Å². The molecule has 4 nitrogen and oxygen atoms in total. The summed E-state index contributed by atoms with van der Waals surface area (Å²) in [6.45, 7) is 1.43. The highest BCUT2D eigenvalue weighted by molar-refractivity contribution is 5.92. The molecule has 0 saturated heterocycles. The van der Waals surface area contributed by atoms with Gasteiger partial charge in [-0.05, 0) is 35.4 Å². The smallest absolute Gasteiger partial charge is 0.248 e. The number of benzene rings is 2. The highest BCUT2D eigenvalue weighted by Crippen LogP contribution is 2.06. The number of amides is 1. The first-order chi connectivity index (χ1) is 9.69. The molecule has 0 aromatic heterocycles. The van der Waals surface area contributed by atoms with Crippen LogP contribution in [0.2, 0.25) is 0 Å². The van der Waals surface area contributed by atoms with Crippen LogP contribution in [0.25, 0.3) is 0 Å². The van der Waals surface area contributed by atoms with Gasteiger partial charge in [0, 0.05) is 18.7 Å². The van der Waals surface area contributed by atoms with Crippen molar-refractivity contribution in [3.63, 3.8) is 0 Å². The van der Waals surface area contributed by atoms with Gasteiger partial charge in [-0.1, -0.05) is 24.3 Å². The number of nitrogens with one attached hydrogen (secondary N) is 1. The fourth-order valence-corrected chi connectivity index (χ4v) is 1.84. The number of nitrogens with zero attached hydrogens (tertiary/aromatic N) is 1. The molecule has 0 spiro atoms. The Kier molecular flexibility index (Phi) is 4.48. The van der Waals surface area contributed by atoms with Crippen LogP contribution in [0.15, 0.2) is 48.5 Å². The van der Waals surface area contributed by atoms with Crippen molar-refractivity contribution in [3.05, 3.63) is 70.8 Å². The van der Waals surface area contributed by atoms with Gasteiger partial charge in [0.2, 0.25) is 5.91 Å². The molecule has 4 heteroatoms. The average Bonchev–Trinajstić information content (AvgIpc) is 2.48. The van der Waals surface area contributed by atoms with Crippen molar-refractivity contribution in [1.82, 2.24) is 5.32 Å². The van der Waals surface area contributed by atoms with Gasteiger partial charge in [-0.3, -0.25) is 4.79 Å². The number of hydrogen-bond donors (Lipinski definition) is 2. The van der Waals surface area contributed by atoms with Crippen LogP contribution in [-0.4, -0.2) is 5.91 Å². The summed E-state index contributed by atoms with van der Waals surface area (Å²) in [5.74, 6) is -0.415. The number of primary amides is 1. The first kappa shape index (κ1) is 13.8. The van der Waals surface area contributed by atoms with Gasteiger partial charge in [-0.15, -0.1) is 0 Å². The molecule has 0 atom stereocenters. The minimum Gasteiger partial charge on any atom is -0.366 e. The third kappa shape index (κ3) is 3.67. The Balaban J connectivity index is 1.86. The molecule has 0 aliphatic rings. The largest absolute Gasteiger partial charge is 0.366 e. The summed E-state index contributed by atoms with van der Waals surface area (Å²) >= 11 is 0. The monoisotopic (exact) mass is 265 g/mol. The molecule has 0 unspecified atom stereocenters. The van der Waals surface area contributed by atoms with E-state index < -0.39 is 5.91 Å². The quantitative estimate of drug-likeness (QED) is 0.867. The second-order valence-corrected chi connectivity index (χ2v) is 4.47. The lowest BCUT2D eigenvalue weighted by Crippen LogP contribution is -2.14. The van der Waals surface area contributed by atoms with Gasteiger partial charge >= 0.3 is 0 Å². The molecular weight excluding hydrogens is 250 g/mol. The number of carbonyl (C=O) groups excluding carboxylic acids is 1. The zero-order valence-electron chi connectivity index (χ0n) is 11.0. The number of carbonyl (C=O) groups is 1. The molecule has 0 radical (unpaired) electrons. The van der Waals surface area contributed by atoms with Crippen molar-refractivity contribution in [3.8, 4) is 6.07 Å². The van der Waals surface area contributed by atoms with Gasteiger partial charge in [0.15, 0.2) is 0 Å². The normalized spacial score (nSPS) is 9.95. The molecule has 0 fully saturated rings. The summed E-state index contributed by atoms with van der Waals surface area (Å²) in [5, 5.41) is 12.0. The molecule has 2 rings (SSSR count). The third-order valence-electron chi connectivity index (χ3n) is 2.98. The van der Waals surface area contributed by atoms with Gasteiger partial charge in [0.25, 0.3) is 0 Å². The van der Waals surface area contributed by atoms with Crippen LogP contribution in [0, 0.1) is 11.3 Å². The Morgan fingerprint density at radius 2 is 1.50 bits per heavy atom. The zero-order valence-corrected chi connectivity index (χ0v) is 11.0. The molecule has 1 amide bonds. The highest BCUT2D eigenvalue weighted by atomic mass is 16.1. The number of nitrogens with two attached hydrogens (primary N) is 1. The van der Waals surface area contributed by atoms with E-state index in [4.69, 9.17) is 11.0 Å². The maximum absolute atomic E-state index is 10.9. The molecular formula is C16H15N3O. The molecule has 0 saturated carbocycles. The van der Waals surface area contributed by atoms with E-state index in [9.17, 15) is 4.79 Å². The molecule has 0 heterocycles. The highest BCUT2D eigenvalue weighted by Gasteiger charge is 2.00. The molecule has 2 aromatic carbocycles. The number of nitriles is 1. The van der Waals surface area contributed by atoms with Crippen LogP contribution >= 0.6 is 0 Å². The molecule has 20 heavy (non-hydrogen) atoms. The van der Waals surface area contributed by atoms with E-state index in [1.807, 2.05) is 24.3 Å². The average molecular weight is 265 g/mol. The Bertz CT molecular complexity index is 624. The molecule has 2 aromatic rings. The lowest BCUT2D eigenvalue weighted by molar-refractivity contribution is 0.100. The van der Waals surface area contributed by atoms with Gasteiger partial charge in [0.05, 0.1) is 11.6 Å². The number of rotatable bonds is 5. The minimum absolute atomic E-state index is 0.415. The summed E-state index contributed by atoms with van der Waals surface area (Å²) < 4.78 is 0. The Labute approximate surface area is 117 Å². The zero-order chi connectivity index (χ0) is 14.4. The lowest BCUT2D eigenvalue weighted by atomic mass is 10.1. The van der Waals surface area contributed by atoms with E-state index >= 15 is 0 Å². The summed E-state index contributed by atoms with van der Waals surface area (Å²) in [6.07, 6.45) is 0. The fourth-order valence-electron chi connectivity index (χ4n) is 1.84. The van der Waals surface area contributed by atoms with Crippen LogP contribution < -0.4 is 11.1 Å². The van der Waals surface area contributed by atoms with E-state index in [2.05, 4.69) is 11.4 Å². The summed E-state index contributed by atoms with van der Waals surface area (Å²) in [4.78, 5) is 10.9. The van der Waals surface area contributed by atoms with Crippen molar-refractivity contribution < 1.29 is 4.79 Å². The van der Waals surface area contributed by atoms with Crippen molar-refractivity contribution >= 4 is 5.91 Å². The van der Waals surface area contributed by atoms with Gasteiger partial charge in [-0.2, -0.15) is 5.26 Å². The van der Waals surface area contributed by atoms with E-state index in [1.54, 1.807) is 24.3 Å². The minimum atomic E-state index is -0.415. The van der Waals surface area contributed by atoms with Crippen LogP contribution in [0.5, 0.6) is 0 Å². The summed E-state index contributed by atoms with van der Waals surface area (Å²) in [7, 11) is 0. The van der Waals surface area contributed by atoms with Crippen LogP contribution in [0.1, 0.15) is 27.0 Å². The first-order valence-corrected chi connectivity index (χ1v) is 6.27. The maximum Gasteiger partial charge on any atom is 0.248 e. The molecule has 0 bridgehead atoms. The summed E-state index contributed by atoms with van der Waals surface area (Å²) in [6, 6.07) is 16.8. The third-order valence-corrected chi connectivity index (χ3v) is 2.98. The lowest BCUT2D eigenvalue weighted by Gasteiger charge is -2.06. The standard InChI is InChI=1S/C16H15N3O/c17-9-12-1-3-13(4-2-12)10-19-11-14-5-7-15(8-6-14)16(18)20/h1-8,19H,10-11H2,(H2,18,20). The Morgan fingerprint density at radius 1 is 1.00 bits per heavy atom. The maximum atomic E-state index is 10.9. The second kappa shape index (κ2) is 6.50. The van der Waals surface area contributed by atoms with Crippen LogP contribution in [0.3, 0.4) is 0 Å². The van der Waals surface area contributed by atoms with Gasteiger partial charge in [-0.25, -0.2) is 0 Å². The number of hydrogen-bond acceptors (Lipinski definition) is 3. The van der Waals surface area contributed by atoms with E-state index in [1.165, 1.54) is 0 Å². The summed E-state index contributed by atoms with van der Waals surface area (Å²) in [5.41, 5.74) is 8.57. The predicted molar refractivity (Wildman–Crippen MR) is 76.7 cm³/mol. The second-order valence-electron chi connectivity index (χ2n) is 4.47. The molecule has 3 N–H and O–H groups in total. The van der Waals surface area contributed by atoms with Crippen molar-refractivity contribution in [2.45, 2.75) is 13.1 Å². The Morgan fingerprint density at radius 3 is 1.95 bits per heavy atom. The first-order valence-electron chi connectivity index (χ1n) is 6.27. The van der Waals surface area contributed by atoms with Gasteiger partial charge in [0.1, 0.15) is 0 Å². The van der Waals surface area contributed by atoms with Crippen molar-refractivity contribution in [2.24, 2.45) is 5.73 Å². The van der Waals surface area contributed by atoms with Crippen molar-refractivity contribution in [1.29, 1.82) is 5.26 Å². The molecule has 0 aliphatic carbocycles. The SMILES string of the molecule is N#Cc1ccc(CNCc2ccc(C(N)=O)cc2)cc1. The van der Waals surface area contributed by atoms with Crippen LogP contribution in [0.4, 0.5) is 0 Å². The van der Waals surface area contributed by atoms with Gasteiger partial charge < -0.3 is 11.1 Å². The fraction of sp³-hybridized carbons (Fsp3) is 0.125. The Hall–Kier alpha value is -2.64. The van der Waals surface area contributed by atoms with E-state index in [0.717, 1.165) is 17.7 Å². The topological polar surface area (TPSA) is 78.9 Å². The molecule has 0 aliphatic heterocycles. The molecule has 100 valence electrons.